The number of nitrogens with zero attached hydrogens (tertiary/aromatic N) is 2. The topological polar surface area (TPSA) is 130 Å². The number of nitrogens with one attached hydrogen (secondary N) is 3. The van der Waals surface area contributed by atoms with Gasteiger partial charge in [0, 0.05) is 25.4 Å². The summed E-state index contributed by atoms with van der Waals surface area (Å²) >= 11 is 0. The van der Waals surface area contributed by atoms with Gasteiger partial charge in [-0.1, -0.05) is 39.8 Å². The third-order valence-corrected chi connectivity index (χ3v) is 5.62. The van der Waals surface area contributed by atoms with Crippen molar-refractivity contribution in [2.75, 3.05) is 6.54 Å². The van der Waals surface area contributed by atoms with Crippen LogP contribution < -0.4 is 16.0 Å². The molecule has 9 nitrogen and oxygen atoms in total. The summed E-state index contributed by atoms with van der Waals surface area (Å²) in [5.41, 5.74) is 0.110. The Labute approximate surface area is 188 Å². The molecule has 1 heterocycles. The molecule has 0 unspecified atom stereocenters. The second kappa shape index (κ2) is 12.1. The summed E-state index contributed by atoms with van der Waals surface area (Å²) in [5, 5.41) is 8.38. The van der Waals surface area contributed by atoms with Crippen LogP contribution >= 0.6 is 0 Å². The zero-order valence-corrected chi connectivity index (χ0v) is 19.1. The largest absolute Gasteiger partial charge is 0.354 e. The maximum Gasteiger partial charge on any atom is 0.272 e. The summed E-state index contributed by atoms with van der Waals surface area (Å²) in [6, 6.07) is -1.60. The average Bonchev–Trinajstić information content (AvgIpc) is 3.21. The fourth-order valence-electron chi connectivity index (χ4n) is 3.66. The monoisotopic (exact) mass is 443 g/mol. The van der Waals surface area contributed by atoms with Crippen LogP contribution in [-0.4, -0.2) is 52.6 Å². The van der Waals surface area contributed by atoms with Gasteiger partial charge < -0.3 is 20.7 Å². The van der Waals surface area contributed by atoms with Crippen LogP contribution in [0.2, 0.25) is 0 Å². The summed E-state index contributed by atoms with van der Waals surface area (Å²) in [6.07, 6.45) is 10.4. The van der Waals surface area contributed by atoms with E-state index in [1.807, 2.05) is 39.8 Å². The average molecular weight is 444 g/mol. The molecule has 0 saturated heterocycles. The second-order valence-corrected chi connectivity index (χ2v) is 8.75. The van der Waals surface area contributed by atoms with Crippen molar-refractivity contribution in [3.63, 3.8) is 0 Å². The predicted octanol–water partition coefficient (Wildman–Crippen LogP) is 1.27. The minimum absolute atomic E-state index is 0.0994. The first-order valence-electron chi connectivity index (χ1n) is 11.0. The van der Waals surface area contributed by atoms with Crippen LogP contribution in [0.5, 0.6) is 0 Å². The Kier molecular flexibility index (Phi) is 9.49. The Morgan fingerprint density at radius 2 is 1.75 bits per heavy atom. The summed E-state index contributed by atoms with van der Waals surface area (Å²) in [6.45, 7) is 7.72. The minimum Gasteiger partial charge on any atom is -0.354 e. The van der Waals surface area contributed by atoms with Crippen molar-refractivity contribution in [3.05, 3.63) is 36.4 Å². The predicted molar refractivity (Wildman–Crippen MR) is 119 cm³/mol. The van der Waals surface area contributed by atoms with Crippen molar-refractivity contribution in [1.82, 2.24) is 25.9 Å². The molecule has 2 rings (SSSR count). The Morgan fingerprint density at radius 3 is 2.34 bits per heavy atom. The molecule has 0 spiro atoms. The zero-order valence-electron chi connectivity index (χ0n) is 19.1. The van der Waals surface area contributed by atoms with Gasteiger partial charge in [0.2, 0.25) is 11.8 Å². The van der Waals surface area contributed by atoms with Crippen LogP contribution in [0.25, 0.3) is 0 Å². The number of allylic oxidation sites excluding steroid dienone is 1. The highest BCUT2D eigenvalue weighted by Gasteiger charge is 2.31. The van der Waals surface area contributed by atoms with E-state index in [-0.39, 0.29) is 35.3 Å². The maximum absolute atomic E-state index is 13.0. The lowest BCUT2D eigenvalue weighted by molar-refractivity contribution is -0.131. The van der Waals surface area contributed by atoms with E-state index in [0.717, 1.165) is 12.7 Å². The number of hydrogen-bond donors (Lipinski definition) is 3. The molecule has 1 aliphatic carbocycles. The van der Waals surface area contributed by atoms with Crippen LogP contribution in [0.3, 0.4) is 0 Å². The van der Waals surface area contributed by atoms with E-state index < -0.39 is 23.9 Å². The maximum atomic E-state index is 13.0. The molecule has 0 radical (unpaired) electrons. The molecule has 0 fully saturated rings. The van der Waals surface area contributed by atoms with Crippen molar-refractivity contribution in [3.8, 4) is 0 Å². The lowest BCUT2D eigenvalue weighted by Crippen LogP contribution is -2.57. The van der Waals surface area contributed by atoms with Gasteiger partial charge in [-0.2, -0.15) is 0 Å². The van der Waals surface area contributed by atoms with Crippen molar-refractivity contribution >= 4 is 24.0 Å². The highest BCUT2D eigenvalue weighted by molar-refractivity contribution is 5.97. The van der Waals surface area contributed by atoms with Gasteiger partial charge in [0.05, 0.1) is 6.20 Å². The lowest BCUT2D eigenvalue weighted by Gasteiger charge is -2.27. The first kappa shape index (κ1) is 25.2. The Morgan fingerprint density at radius 1 is 1.06 bits per heavy atom. The first-order valence-corrected chi connectivity index (χ1v) is 11.0. The Balaban J connectivity index is 2.00. The number of carbonyl (C=O) groups is 4. The summed E-state index contributed by atoms with van der Waals surface area (Å²) < 4.78 is 0. The quantitative estimate of drug-likeness (QED) is 0.349. The molecule has 0 aromatic carbocycles. The number of amides is 3. The van der Waals surface area contributed by atoms with E-state index in [2.05, 4.69) is 25.9 Å². The number of carbonyl (C=O) groups excluding carboxylic acids is 4. The molecular formula is C23H33N5O4. The Bertz CT molecular complexity index is 825. The smallest absolute Gasteiger partial charge is 0.272 e. The molecule has 9 heteroatoms. The van der Waals surface area contributed by atoms with Gasteiger partial charge in [-0.05, 0) is 30.1 Å². The first-order chi connectivity index (χ1) is 15.2. The molecule has 174 valence electrons. The van der Waals surface area contributed by atoms with E-state index in [1.54, 1.807) is 0 Å². The van der Waals surface area contributed by atoms with Crippen LogP contribution in [0.15, 0.2) is 30.7 Å². The van der Waals surface area contributed by atoms with Crippen molar-refractivity contribution in [1.29, 1.82) is 0 Å². The Hall–Kier alpha value is -3.10. The van der Waals surface area contributed by atoms with Crippen molar-refractivity contribution < 1.29 is 19.2 Å². The van der Waals surface area contributed by atoms with Gasteiger partial charge in [0.15, 0.2) is 0 Å². The van der Waals surface area contributed by atoms with Gasteiger partial charge in [-0.25, -0.2) is 4.98 Å². The molecule has 1 aliphatic rings. The third kappa shape index (κ3) is 6.96. The fraction of sp³-hybridized carbons (Fsp3) is 0.565. The van der Waals surface area contributed by atoms with E-state index in [1.165, 1.54) is 18.6 Å². The van der Waals surface area contributed by atoms with E-state index in [9.17, 15) is 19.2 Å². The number of hydrogen-bond acceptors (Lipinski definition) is 6. The number of aromatic nitrogens is 2. The normalized spacial score (nSPS) is 19.4. The van der Waals surface area contributed by atoms with Crippen LogP contribution in [0.4, 0.5) is 0 Å². The molecule has 1 aromatic rings. The standard InChI is InChI=1S/C23H33N5O4/c1-14(2)19(22(31)26-12-17-7-5-6-16(17)8-11-29)28-23(32)20(15(3)4)27-21(30)18-13-24-9-10-25-18/h5,7,9-11,13-17,19-20H,6,8,12H2,1-4H3,(H,26,31)(H,27,30)(H,28,32)/t16-,17+,19+,20-/m1/s1. The highest BCUT2D eigenvalue weighted by Crippen LogP contribution is 2.26. The van der Waals surface area contributed by atoms with Gasteiger partial charge in [-0.15, -0.1) is 0 Å². The summed E-state index contributed by atoms with van der Waals surface area (Å²) in [5.74, 6) is -1.31. The lowest BCUT2D eigenvalue weighted by atomic mass is 9.92. The van der Waals surface area contributed by atoms with Crippen LogP contribution in [0.1, 0.15) is 51.0 Å². The van der Waals surface area contributed by atoms with Crippen molar-refractivity contribution in [2.24, 2.45) is 23.7 Å². The SMILES string of the molecule is CC(C)[C@H](NC(=O)[C@H](NC(=O)c1cnccn1)C(C)C)C(=O)NC[C@@H]1C=CC[C@@H]1CC=O. The molecule has 1 aromatic heterocycles. The summed E-state index contributed by atoms with van der Waals surface area (Å²) in [7, 11) is 0. The number of rotatable bonds is 11. The van der Waals surface area contributed by atoms with Crippen molar-refractivity contribution in [2.45, 2.75) is 52.6 Å². The molecule has 3 N–H and O–H groups in total. The van der Waals surface area contributed by atoms with E-state index in [0.29, 0.717) is 13.0 Å². The van der Waals surface area contributed by atoms with Gasteiger partial charge in [-0.3, -0.25) is 19.4 Å². The van der Waals surface area contributed by atoms with Crippen LogP contribution in [-0.2, 0) is 14.4 Å². The number of aldehydes is 1. The molecule has 0 aliphatic heterocycles. The minimum atomic E-state index is -0.840. The molecule has 4 atom stereocenters. The zero-order chi connectivity index (χ0) is 23.7. The third-order valence-electron chi connectivity index (χ3n) is 5.62. The van der Waals surface area contributed by atoms with E-state index in [4.69, 9.17) is 0 Å². The molecule has 0 saturated carbocycles. The molecule has 3 amide bonds. The second-order valence-electron chi connectivity index (χ2n) is 8.75. The van der Waals surface area contributed by atoms with Gasteiger partial charge in [0.25, 0.3) is 5.91 Å². The van der Waals surface area contributed by atoms with E-state index >= 15 is 0 Å². The summed E-state index contributed by atoms with van der Waals surface area (Å²) in [4.78, 5) is 56.9. The highest BCUT2D eigenvalue weighted by atomic mass is 16.2. The van der Waals surface area contributed by atoms with Gasteiger partial charge >= 0.3 is 0 Å². The fourth-order valence-corrected chi connectivity index (χ4v) is 3.66. The van der Waals surface area contributed by atoms with Crippen LogP contribution in [0, 0.1) is 23.7 Å². The molecule has 0 bridgehead atoms. The molecular weight excluding hydrogens is 410 g/mol. The molecule has 32 heavy (non-hydrogen) atoms. The van der Waals surface area contributed by atoms with Gasteiger partial charge in [0.1, 0.15) is 24.1 Å².